The molecule has 0 aliphatic carbocycles. The van der Waals surface area contributed by atoms with Crippen molar-refractivity contribution in [3.05, 3.63) is 54.2 Å². The maximum Gasteiger partial charge on any atom is 0.313 e. The molecule has 0 bridgehead atoms. The summed E-state index contributed by atoms with van der Waals surface area (Å²) < 4.78 is 10.2. The second kappa shape index (κ2) is 9.64. The highest BCUT2D eigenvalue weighted by Crippen LogP contribution is 2.21. The van der Waals surface area contributed by atoms with E-state index >= 15 is 0 Å². The number of pyridine rings is 1. The molecule has 0 saturated heterocycles. The van der Waals surface area contributed by atoms with Gasteiger partial charge >= 0.3 is 5.97 Å². The number of anilines is 2. The maximum atomic E-state index is 12.0. The molecule has 0 saturated carbocycles. The van der Waals surface area contributed by atoms with E-state index in [1.165, 1.54) is 0 Å². The van der Waals surface area contributed by atoms with Crippen molar-refractivity contribution >= 4 is 17.5 Å². The molecule has 0 radical (unpaired) electrons. The van der Waals surface area contributed by atoms with E-state index in [1.807, 2.05) is 42.5 Å². The molecule has 1 unspecified atom stereocenters. The second-order valence-corrected chi connectivity index (χ2v) is 5.19. The highest BCUT2D eigenvalue weighted by molar-refractivity contribution is 5.78. The van der Waals surface area contributed by atoms with Crippen LogP contribution in [0.4, 0.5) is 11.5 Å². The van der Waals surface area contributed by atoms with E-state index in [0.29, 0.717) is 0 Å². The van der Waals surface area contributed by atoms with Crippen LogP contribution in [0.2, 0.25) is 0 Å². The zero-order chi connectivity index (χ0) is 17.2. The molecule has 2 N–H and O–H groups in total. The Morgan fingerprint density at radius 1 is 1.17 bits per heavy atom. The number of benzene rings is 1. The van der Waals surface area contributed by atoms with Crippen LogP contribution in [0.5, 0.6) is 0 Å². The number of carbonyl (C=O) groups is 1. The lowest BCUT2D eigenvalue weighted by Gasteiger charge is -2.13. The summed E-state index contributed by atoms with van der Waals surface area (Å²) in [5.74, 6) is 0.111. The van der Waals surface area contributed by atoms with Gasteiger partial charge in [0.2, 0.25) is 0 Å². The number of carbonyl (C=O) groups excluding carboxylic acids is 1. The fourth-order valence-electron chi connectivity index (χ4n) is 2.07. The highest BCUT2D eigenvalue weighted by Gasteiger charge is 2.16. The summed E-state index contributed by atoms with van der Waals surface area (Å²) in [5.41, 5.74) is 1.78. The number of esters is 1. The van der Waals surface area contributed by atoms with Crippen LogP contribution >= 0.6 is 0 Å². The molecule has 1 aromatic carbocycles. The molecule has 6 nitrogen and oxygen atoms in total. The maximum absolute atomic E-state index is 12.0. The number of rotatable bonds is 9. The lowest BCUT2D eigenvalue weighted by molar-refractivity contribution is -0.146. The molecule has 1 aromatic heterocycles. The number of nitrogens with one attached hydrogen (secondary N) is 1. The number of aliphatic hydroxyl groups excluding tert-OH is 1. The van der Waals surface area contributed by atoms with Gasteiger partial charge in [-0.25, -0.2) is 4.98 Å². The molecular weight excluding hydrogens is 308 g/mol. The summed E-state index contributed by atoms with van der Waals surface area (Å²) in [6.07, 6.45) is 1.72. The SMILES string of the molecule is CC(C(=O)OCCOCCO)c1ccc(Nc2ccccn2)cc1. The predicted molar refractivity (Wildman–Crippen MR) is 91.2 cm³/mol. The Balaban J connectivity index is 1.84. The van der Waals surface area contributed by atoms with Gasteiger partial charge in [0, 0.05) is 11.9 Å². The average Bonchev–Trinajstić information content (AvgIpc) is 2.62. The van der Waals surface area contributed by atoms with E-state index in [9.17, 15) is 4.79 Å². The van der Waals surface area contributed by atoms with Gasteiger partial charge in [-0.15, -0.1) is 0 Å². The van der Waals surface area contributed by atoms with Crippen molar-refractivity contribution in [2.24, 2.45) is 0 Å². The van der Waals surface area contributed by atoms with Gasteiger partial charge in [-0.05, 0) is 36.8 Å². The molecule has 0 aliphatic rings. The summed E-state index contributed by atoms with van der Waals surface area (Å²) in [4.78, 5) is 16.2. The number of hydrogen-bond donors (Lipinski definition) is 2. The van der Waals surface area contributed by atoms with Crippen LogP contribution in [-0.2, 0) is 14.3 Å². The minimum Gasteiger partial charge on any atom is -0.463 e. The minimum atomic E-state index is -0.355. The van der Waals surface area contributed by atoms with Gasteiger partial charge in [0.1, 0.15) is 12.4 Å². The first-order valence-corrected chi connectivity index (χ1v) is 7.84. The van der Waals surface area contributed by atoms with Crippen LogP contribution in [0, 0.1) is 0 Å². The lowest BCUT2D eigenvalue weighted by Crippen LogP contribution is -2.17. The molecule has 1 heterocycles. The first kappa shape index (κ1) is 17.9. The minimum absolute atomic E-state index is 0.0385. The smallest absolute Gasteiger partial charge is 0.313 e. The molecule has 128 valence electrons. The Hall–Kier alpha value is -2.44. The summed E-state index contributed by atoms with van der Waals surface area (Å²) in [5, 5.41) is 11.8. The summed E-state index contributed by atoms with van der Waals surface area (Å²) in [7, 11) is 0. The Bertz CT molecular complexity index is 617. The van der Waals surface area contributed by atoms with Crippen molar-refractivity contribution in [1.29, 1.82) is 0 Å². The quantitative estimate of drug-likeness (QED) is 0.543. The van der Waals surface area contributed by atoms with Crippen LogP contribution in [0.25, 0.3) is 0 Å². The summed E-state index contributed by atoms with van der Waals surface area (Å²) >= 11 is 0. The zero-order valence-corrected chi connectivity index (χ0v) is 13.6. The molecular formula is C18H22N2O4. The van der Waals surface area contributed by atoms with Gasteiger partial charge in [0.15, 0.2) is 0 Å². The first-order valence-electron chi connectivity index (χ1n) is 7.84. The fourth-order valence-corrected chi connectivity index (χ4v) is 2.07. The van der Waals surface area contributed by atoms with Crippen molar-refractivity contribution in [2.45, 2.75) is 12.8 Å². The van der Waals surface area contributed by atoms with E-state index in [2.05, 4.69) is 10.3 Å². The Labute approximate surface area is 141 Å². The third-order valence-electron chi connectivity index (χ3n) is 3.41. The van der Waals surface area contributed by atoms with Crippen molar-refractivity contribution < 1.29 is 19.4 Å². The monoisotopic (exact) mass is 330 g/mol. The second-order valence-electron chi connectivity index (χ2n) is 5.19. The summed E-state index contributed by atoms with van der Waals surface area (Å²) in [6.45, 7) is 2.48. The van der Waals surface area contributed by atoms with Crippen molar-refractivity contribution in [3.63, 3.8) is 0 Å². The van der Waals surface area contributed by atoms with E-state index in [-0.39, 0.29) is 38.3 Å². The molecule has 0 aliphatic heterocycles. The van der Waals surface area contributed by atoms with E-state index in [0.717, 1.165) is 17.1 Å². The fraction of sp³-hybridized carbons (Fsp3) is 0.333. The third-order valence-corrected chi connectivity index (χ3v) is 3.41. The standard InChI is InChI=1S/C18H22N2O4/c1-14(18(22)24-13-12-23-11-10-21)15-5-7-16(8-6-15)20-17-4-2-3-9-19-17/h2-9,14,21H,10-13H2,1H3,(H,19,20). The molecule has 24 heavy (non-hydrogen) atoms. The van der Waals surface area contributed by atoms with Gasteiger partial charge in [0.05, 0.1) is 25.7 Å². The number of nitrogens with zero attached hydrogens (tertiary/aromatic N) is 1. The number of aromatic nitrogens is 1. The predicted octanol–water partition coefficient (Wildman–Crippen LogP) is 2.48. The van der Waals surface area contributed by atoms with E-state index in [1.54, 1.807) is 13.1 Å². The van der Waals surface area contributed by atoms with Gasteiger partial charge in [-0.3, -0.25) is 4.79 Å². The Kier molecular flexibility index (Phi) is 7.20. The number of ether oxygens (including phenoxy) is 2. The highest BCUT2D eigenvalue weighted by atomic mass is 16.6. The topological polar surface area (TPSA) is 80.7 Å². The van der Waals surface area contributed by atoms with E-state index < -0.39 is 0 Å². The molecule has 0 spiro atoms. The molecule has 6 heteroatoms. The van der Waals surface area contributed by atoms with Crippen LogP contribution in [0.3, 0.4) is 0 Å². The Morgan fingerprint density at radius 2 is 1.96 bits per heavy atom. The van der Waals surface area contributed by atoms with Crippen LogP contribution in [0.15, 0.2) is 48.7 Å². The van der Waals surface area contributed by atoms with Crippen LogP contribution in [-0.4, -0.2) is 42.5 Å². The molecule has 0 fully saturated rings. The van der Waals surface area contributed by atoms with Crippen molar-refractivity contribution in [1.82, 2.24) is 4.98 Å². The van der Waals surface area contributed by atoms with Crippen LogP contribution < -0.4 is 5.32 Å². The number of aliphatic hydroxyl groups is 1. The molecule has 2 aromatic rings. The van der Waals surface area contributed by atoms with Gasteiger partial charge in [0.25, 0.3) is 0 Å². The van der Waals surface area contributed by atoms with Crippen molar-refractivity contribution in [3.8, 4) is 0 Å². The van der Waals surface area contributed by atoms with Gasteiger partial charge in [-0.1, -0.05) is 18.2 Å². The molecule has 1 atom stereocenters. The van der Waals surface area contributed by atoms with Crippen molar-refractivity contribution in [2.75, 3.05) is 31.7 Å². The average molecular weight is 330 g/mol. The normalized spacial score (nSPS) is 11.8. The third kappa shape index (κ3) is 5.64. The zero-order valence-electron chi connectivity index (χ0n) is 13.6. The summed E-state index contributed by atoms with van der Waals surface area (Å²) in [6, 6.07) is 13.2. The van der Waals surface area contributed by atoms with Gasteiger partial charge in [-0.2, -0.15) is 0 Å². The van der Waals surface area contributed by atoms with Crippen LogP contribution in [0.1, 0.15) is 18.4 Å². The Morgan fingerprint density at radius 3 is 2.62 bits per heavy atom. The number of hydrogen-bond acceptors (Lipinski definition) is 6. The molecule has 2 rings (SSSR count). The van der Waals surface area contributed by atoms with E-state index in [4.69, 9.17) is 14.6 Å². The lowest BCUT2D eigenvalue weighted by atomic mass is 10.0. The largest absolute Gasteiger partial charge is 0.463 e. The van der Waals surface area contributed by atoms with Gasteiger partial charge < -0.3 is 19.9 Å². The first-order chi connectivity index (χ1) is 11.7. The molecule has 0 amide bonds.